The second kappa shape index (κ2) is 5.05. The summed E-state index contributed by atoms with van der Waals surface area (Å²) in [5.74, 6) is 0. The highest BCUT2D eigenvalue weighted by Crippen LogP contribution is 2.55. The van der Waals surface area contributed by atoms with Crippen LogP contribution < -0.4 is 0 Å². The maximum Gasteiger partial charge on any atom is 0.207 e. The maximum atomic E-state index is 6.17. The number of hydrogen-bond donors (Lipinski definition) is 0. The summed E-state index contributed by atoms with van der Waals surface area (Å²) < 4.78 is 0. The molecule has 5 rings (SSSR count). The first-order valence-electron chi connectivity index (χ1n) is 7.97. The fraction of sp³-hybridized carbons (Fsp3) is 0.0952. The molecule has 3 aromatic carbocycles. The molecule has 0 fully saturated rings. The zero-order valence-electron chi connectivity index (χ0n) is 12.8. The topological polar surface area (TPSA) is 21.6 Å². The molecule has 1 aliphatic carbocycles. The van der Waals surface area contributed by atoms with E-state index in [-0.39, 0.29) is 4.83 Å². The summed E-state index contributed by atoms with van der Waals surface area (Å²) in [6, 6.07) is 27.1. The molecule has 0 aromatic heterocycles. The third-order valence-electron chi connectivity index (χ3n) is 4.90. The van der Waals surface area contributed by atoms with Gasteiger partial charge in [-0.05, 0) is 11.1 Å². The van der Waals surface area contributed by atoms with Gasteiger partial charge >= 0.3 is 0 Å². The Balaban J connectivity index is 1.73. The molecule has 3 heteroatoms. The number of rotatable bonds is 1. The second-order valence-corrected chi connectivity index (χ2v) is 7.04. The molecule has 0 bridgehead atoms. The minimum Gasteiger partial charge on any atom is -0.377 e. The molecule has 0 amide bonds. The Bertz CT molecular complexity index is 919. The Hall–Kier alpha value is -2.39. The van der Waals surface area contributed by atoms with Gasteiger partial charge in [-0.3, -0.25) is 0 Å². The van der Waals surface area contributed by atoms with Crippen molar-refractivity contribution in [3.8, 4) is 11.1 Å². The number of benzene rings is 3. The zero-order valence-corrected chi connectivity index (χ0v) is 14.4. The average molecular weight is 376 g/mol. The minimum atomic E-state index is -0.599. The van der Waals surface area contributed by atoms with Crippen LogP contribution in [0.4, 0.5) is 0 Å². The first kappa shape index (κ1) is 14.0. The van der Waals surface area contributed by atoms with Gasteiger partial charge in [0.1, 0.15) is 10.5 Å². The van der Waals surface area contributed by atoms with Crippen molar-refractivity contribution >= 4 is 21.6 Å². The predicted molar refractivity (Wildman–Crippen MR) is 99.4 cm³/mol. The lowest BCUT2D eigenvalue weighted by Crippen LogP contribution is -2.36. The Morgan fingerprint density at radius 1 is 0.750 bits per heavy atom. The second-order valence-electron chi connectivity index (χ2n) is 6.12. The Kier molecular flexibility index (Phi) is 2.95. The summed E-state index contributed by atoms with van der Waals surface area (Å²) in [4.78, 5) is 6.13. The van der Waals surface area contributed by atoms with Crippen LogP contribution in [0.25, 0.3) is 11.1 Å². The number of oxime groups is 1. The van der Waals surface area contributed by atoms with E-state index < -0.39 is 5.60 Å². The third-order valence-corrected chi connectivity index (χ3v) is 5.98. The van der Waals surface area contributed by atoms with Crippen LogP contribution in [0, 0.1) is 0 Å². The van der Waals surface area contributed by atoms with Crippen LogP contribution >= 0.6 is 15.9 Å². The largest absolute Gasteiger partial charge is 0.377 e. The molecule has 0 radical (unpaired) electrons. The van der Waals surface area contributed by atoms with E-state index in [4.69, 9.17) is 4.84 Å². The van der Waals surface area contributed by atoms with Crippen LogP contribution in [0.15, 0.2) is 84.0 Å². The number of fused-ring (bicyclic) bond motifs is 5. The molecule has 116 valence electrons. The van der Waals surface area contributed by atoms with Crippen molar-refractivity contribution in [3.63, 3.8) is 0 Å². The van der Waals surface area contributed by atoms with Gasteiger partial charge in [-0.25, -0.2) is 0 Å². The lowest BCUT2D eigenvalue weighted by Gasteiger charge is -2.28. The molecular formula is C21H14BrNO. The van der Waals surface area contributed by atoms with E-state index in [0.717, 1.165) is 11.3 Å². The fourth-order valence-electron chi connectivity index (χ4n) is 3.81. The summed E-state index contributed by atoms with van der Waals surface area (Å²) in [6.07, 6.45) is 0. The average Bonchev–Trinajstić information content (AvgIpc) is 3.14. The van der Waals surface area contributed by atoms with Gasteiger partial charge in [-0.2, -0.15) is 0 Å². The zero-order chi connectivity index (χ0) is 16.1. The number of alkyl halides is 1. The molecule has 24 heavy (non-hydrogen) atoms. The number of nitrogens with zero attached hydrogens (tertiary/aromatic N) is 1. The predicted octanol–water partition coefficient (Wildman–Crippen LogP) is 5.11. The summed E-state index contributed by atoms with van der Waals surface area (Å²) in [6.45, 7) is 0. The number of halogens is 1. The van der Waals surface area contributed by atoms with Crippen molar-refractivity contribution in [3.05, 3.63) is 95.6 Å². The Morgan fingerprint density at radius 3 is 1.92 bits per heavy atom. The minimum absolute atomic E-state index is 0.0443. The molecule has 1 unspecified atom stereocenters. The highest BCUT2D eigenvalue weighted by molar-refractivity contribution is 9.10. The van der Waals surface area contributed by atoms with E-state index >= 15 is 0 Å². The van der Waals surface area contributed by atoms with Gasteiger partial charge < -0.3 is 4.84 Å². The molecule has 1 heterocycles. The van der Waals surface area contributed by atoms with E-state index in [1.54, 1.807) is 0 Å². The normalized spacial score (nSPS) is 19.5. The van der Waals surface area contributed by atoms with Gasteiger partial charge in [0.2, 0.25) is 5.60 Å². The van der Waals surface area contributed by atoms with E-state index in [9.17, 15) is 0 Å². The van der Waals surface area contributed by atoms with E-state index in [2.05, 4.69) is 81.7 Å². The van der Waals surface area contributed by atoms with E-state index in [0.29, 0.717) is 0 Å². The smallest absolute Gasteiger partial charge is 0.207 e. The first-order chi connectivity index (χ1) is 11.8. The van der Waals surface area contributed by atoms with Crippen LogP contribution in [-0.4, -0.2) is 10.5 Å². The molecule has 0 N–H and O–H groups in total. The summed E-state index contributed by atoms with van der Waals surface area (Å²) in [5.41, 5.74) is 6.20. The summed E-state index contributed by atoms with van der Waals surface area (Å²) in [7, 11) is 0. The highest BCUT2D eigenvalue weighted by atomic mass is 79.9. The maximum absolute atomic E-state index is 6.17. The van der Waals surface area contributed by atoms with E-state index in [1.165, 1.54) is 22.3 Å². The van der Waals surface area contributed by atoms with Crippen LogP contribution in [0.1, 0.15) is 16.7 Å². The standard InChI is InChI=1S/C21H14BrNO/c22-20-19(14-8-2-1-3-9-14)23-24-21(20)17-12-6-4-10-15(17)16-11-5-7-13-18(16)21/h1-13,20H. The molecule has 3 aromatic rings. The van der Waals surface area contributed by atoms with Crippen LogP contribution in [0.3, 0.4) is 0 Å². The highest BCUT2D eigenvalue weighted by Gasteiger charge is 2.56. The quantitative estimate of drug-likeness (QED) is 0.541. The first-order valence-corrected chi connectivity index (χ1v) is 8.89. The van der Waals surface area contributed by atoms with Gasteiger partial charge in [0, 0.05) is 16.7 Å². The summed E-state index contributed by atoms with van der Waals surface area (Å²) >= 11 is 3.91. The molecule has 2 nitrogen and oxygen atoms in total. The van der Waals surface area contributed by atoms with Gasteiger partial charge in [-0.15, -0.1) is 0 Å². The van der Waals surface area contributed by atoms with Gasteiger partial charge in [0.15, 0.2) is 0 Å². The number of hydrogen-bond acceptors (Lipinski definition) is 2. The van der Waals surface area contributed by atoms with Crippen molar-refractivity contribution in [2.75, 3.05) is 0 Å². The van der Waals surface area contributed by atoms with Gasteiger partial charge in [0.05, 0.1) is 0 Å². The van der Waals surface area contributed by atoms with Crippen molar-refractivity contribution < 1.29 is 4.84 Å². The van der Waals surface area contributed by atoms with Crippen molar-refractivity contribution in [1.29, 1.82) is 0 Å². The van der Waals surface area contributed by atoms with Crippen molar-refractivity contribution in [2.24, 2.45) is 5.16 Å². The molecule has 2 aliphatic rings. The lowest BCUT2D eigenvalue weighted by molar-refractivity contribution is 0.0190. The third kappa shape index (κ3) is 1.68. The Morgan fingerprint density at radius 2 is 1.29 bits per heavy atom. The lowest BCUT2D eigenvalue weighted by atomic mass is 9.85. The molecule has 1 spiro atoms. The van der Waals surface area contributed by atoms with E-state index in [1.807, 2.05) is 18.2 Å². The SMILES string of the molecule is BrC1C(c2ccccc2)=NOC12c1ccccc1-c1ccccc12. The fourth-order valence-corrected chi connectivity index (χ4v) is 4.74. The Labute approximate surface area is 148 Å². The van der Waals surface area contributed by atoms with Crippen LogP contribution in [-0.2, 0) is 10.4 Å². The summed E-state index contributed by atoms with van der Waals surface area (Å²) in [5, 5.41) is 4.49. The molecule has 0 saturated heterocycles. The molecule has 1 atom stereocenters. The van der Waals surface area contributed by atoms with Crippen molar-refractivity contribution in [2.45, 2.75) is 10.4 Å². The molecule has 0 saturated carbocycles. The van der Waals surface area contributed by atoms with Crippen molar-refractivity contribution in [1.82, 2.24) is 0 Å². The van der Waals surface area contributed by atoms with Gasteiger partial charge in [-0.1, -0.05) is 99.9 Å². The van der Waals surface area contributed by atoms with Crippen LogP contribution in [0.5, 0.6) is 0 Å². The molecule has 1 aliphatic heterocycles. The monoisotopic (exact) mass is 375 g/mol. The van der Waals surface area contributed by atoms with Crippen LogP contribution in [0.2, 0.25) is 0 Å². The van der Waals surface area contributed by atoms with Gasteiger partial charge in [0.25, 0.3) is 0 Å². The molecular weight excluding hydrogens is 362 g/mol.